The molecule has 1 amide bonds. The van der Waals surface area contributed by atoms with E-state index in [-0.39, 0.29) is 42.2 Å². The number of benzene rings is 3. The van der Waals surface area contributed by atoms with E-state index >= 15 is 4.79 Å². The molecule has 3 heterocycles. The molecule has 17 nitrogen and oxygen atoms in total. The molecule has 3 aliphatic carbocycles. The van der Waals surface area contributed by atoms with Crippen LogP contribution >= 0.6 is 0 Å². The maximum atomic E-state index is 15.2. The lowest BCUT2D eigenvalue weighted by atomic mass is 9.45. The number of carboxylic acid groups (broad SMARTS) is 1. The smallest absolute Gasteiger partial charge is 0.355 e. The predicted molar refractivity (Wildman–Crippen MR) is 231 cm³/mol. The van der Waals surface area contributed by atoms with Crippen LogP contribution in [-0.2, 0) is 26.2 Å². The Bertz CT molecular complexity index is 2590. The quantitative estimate of drug-likeness (QED) is 0.0587. The largest absolute Gasteiger partial charge is 0.508 e. The first-order valence-electron chi connectivity index (χ1n) is 21.6. The van der Waals surface area contributed by atoms with Crippen LogP contribution in [0.2, 0.25) is 0 Å². The Kier molecular flexibility index (Phi) is 11.2. The van der Waals surface area contributed by atoms with Gasteiger partial charge >= 0.3 is 11.9 Å². The number of hydrogen-bond acceptors (Lipinski definition) is 14. The minimum absolute atomic E-state index is 0.00145. The minimum Gasteiger partial charge on any atom is -0.508 e. The molecule has 342 valence electrons. The summed E-state index contributed by atoms with van der Waals surface area (Å²) in [6, 6.07) is 14.0. The monoisotopic (exact) mass is 893 g/mol. The summed E-state index contributed by atoms with van der Waals surface area (Å²) in [6.07, 6.45) is 6.96. The fourth-order valence-corrected chi connectivity index (χ4v) is 11.5. The summed E-state index contributed by atoms with van der Waals surface area (Å²) in [7, 11) is 0. The first-order valence-corrected chi connectivity index (χ1v) is 21.6. The van der Waals surface area contributed by atoms with Gasteiger partial charge in [0.15, 0.2) is 23.1 Å². The second-order valence-electron chi connectivity index (χ2n) is 17.8. The van der Waals surface area contributed by atoms with Crippen LogP contribution in [0.4, 0.5) is 5.69 Å². The van der Waals surface area contributed by atoms with Crippen LogP contribution in [0.5, 0.6) is 23.0 Å². The molecule has 2 aliphatic heterocycles. The lowest BCUT2D eigenvalue weighted by molar-refractivity contribution is -0.422. The van der Waals surface area contributed by atoms with Crippen molar-refractivity contribution in [3.63, 3.8) is 0 Å². The standard InChI is InChI=1S/C48H51N3O14/c52-23-27-12-15-46(45(13-4-1-5-14-45)32-6-2-3-7-35(32)55)29(17-27)21-47(44(61)62)42(46)31-19-36(56)37(64-48(63)43(60)41(59)40(58)38(24-53)65-48)20-33(31)51(47)39(57)11-9-26-8-10-34(54)28(16-26)18-30-22-49-25-50-30/h2-3,6-12,15-16,19-22,25,27,38,40-43,52-56,58-60,63H,1,4-5,13-14,17-18,23-24H2,(H,49,50)(H,61,62). The van der Waals surface area contributed by atoms with Crippen LogP contribution in [0.25, 0.3) is 6.08 Å². The molecule has 1 saturated carbocycles. The number of aromatic nitrogens is 2. The van der Waals surface area contributed by atoms with Crippen molar-refractivity contribution < 1.29 is 70.1 Å². The third kappa shape index (κ3) is 6.75. The lowest BCUT2D eigenvalue weighted by Gasteiger charge is -2.57. The number of phenolic OH excluding ortho intramolecular Hbond substituents is 3. The average molecular weight is 894 g/mol. The van der Waals surface area contributed by atoms with E-state index in [9.17, 15) is 55.9 Å². The molecule has 17 heteroatoms. The van der Waals surface area contributed by atoms with Crippen molar-refractivity contribution >= 4 is 23.6 Å². The third-order valence-corrected chi connectivity index (χ3v) is 14.3. The topological polar surface area (TPSA) is 287 Å². The molecule has 4 aromatic rings. The molecule has 2 fully saturated rings. The van der Waals surface area contributed by atoms with Crippen LogP contribution in [0, 0.1) is 11.3 Å². The molecule has 9 unspecified atom stereocenters. The van der Waals surface area contributed by atoms with Crippen molar-refractivity contribution in [1.82, 2.24) is 9.97 Å². The number of allylic oxidation sites excluding steroid dienone is 2. The van der Waals surface area contributed by atoms with Crippen molar-refractivity contribution in [2.24, 2.45) is 11.3 Å². The maximum Gasteiger partial charge on any atom is 0.355 e. The van der Waals surface area contributed by atoms with E-state index in [1.165, 1.54) is 30.6 Å². The number of aromatic hydroxyl groups is 3. The Labute approximate surface area is 372 Å². The summed E-state index contributed by atoms with van der Waals surface area (Å²) < 4.78 is 11.1. The van der Waals surface area contributed by atoms with Crippen LogP contribution in [0.15, 0.2) is 97.0 Å². The maximum absolute atomic E-state index is 15.2. The molecule has 1 aromatic heterocycles. The number of amides is 1. The summed E-state index contributed by atoms with van der Waals surface area (Å²) >= 11 is 0. The number of rotatable bonds is 11. The zero-order valence-corrected chi connectivity index (χ0v) is 35.1. The Hall–Kier alpha value is -6.05. The number of carbonyl (C=O) groups excluding carboxylic acids is 1. The number of fused-ring (bicyclic) bond motifs is 5. The highest BCUT2D eigenvalue weighted by Crippen LogP contribution is 2.74. The van der Waals surface area contributed by atoms with E-state index in [0.29, 0.717) is 35.1 Å². The lowest BCUT2D eigenvalue weighted by Crippen LogP contribution is -2.67. The molecule has 11 N–H and O–H groups in total. The number of anilines is 1. The third-order valence-electron chi connectivity index (χ3n) is 14.3. The molecule has 0 spiro atoms. The first-order chi connectivity index (χ1) is 31.1. The Morgan fingerprint density at radius 2 is 1.71 bits per heavy atom. The summed E-state index contributed by atoms with van der Waals surface area (Å²) in [5.74, 6) is -8.38. The van der Waals surface area contributed by atoms with Crippen LogP contribution in [0.3, 0.4) is 0 Å². The van der Waals surface area contributed by atoms with Gasteiger partial charge in [0.1, 0.15) is 29.8 Å². The van der Waals surface area contributed by atoms with Gasteiger partial charge in [-0.3, -0.25) is 9.69 Å². The van der Waals surface area contributed by atoms with Gasteiger partial charge in [-0.25, -0.2) is 9.78 Å². The Balaban J connectivity index is 1.25. The summed E-state index contributed by atoms with van der Waals surface area (Å²) in [6.45, 7) is -1.17. The van der Waals surface area contributed by atoms with Gasteiger partial charge in [0, 0.05) is 70.9 Å². The molecule has 9 rings (SSSR count). The van der Waals surface area contributed by atoms with Gasteiger partial charge in [0.25, 0.3) is 5.91 Å². The van der Waals surface area contributed by atoms with E-state index in [4.69, 9.17) is 9.47 Å². The van der Waals surface area contributed by atoms with E-state index in [1.54, 1.807) is 42.6 Å². The molecule has 5 aliphatic rings. The molecule has 3 aromatic carbocycles. The van der Waals surface area contributed by atoms with Gasteiger partial charge in [-0.15, -0.1) is 0 Å². The number of imidazole rings is 1. The Morgan fingerprint density at radius 3 is 2.40 bits per heavy atom. The zero-order chi connectivity index (χ0) is 46.1. The van der Waals surface area contributed by atoms with E-state index in [1.807, 2.05) is 18.2 Å². The van der Waals surface area contributed by atoms with Crippen LogP contribution < -0.4 is 9.64 Å². The molecule has 0 radical (unpaired) electrons. The van der Waals surface area contributed by atoms with Crippen molar-refractivity contribution in [3.05, 3.63) is 125 Å². The number of ether oxygens (including phenoxy) is 2. The number of aliphatic hydroxyl groups excluding tert-OH is 5. The van der Waals surface area contributed by atoms with Crippen LogP contribution in [-0.4, -0.2) is 122 Å². The van der Waals surface area contributed by atoms with Crippen LogP contribution in [0.1, 0.15) is 72.4 Å². The predicted octanol–water partition coefficient (Wildman–Crippen LogP) is 2.98. The molecular formula is C48H51N3O14. The summed E-state index contributed by atoms with van der Waals surface area (Å²) in [4.78, 5) is 37.9. The van der Waals surface area contributed by atoms with Gasteiger partial charge in [-0.05, 0) is 66.8 Å². The second kappa shape index (κ2) is 16.4. The number of aliphatic hydroxyl groups is 6. The Morgan fingerprint density at radius 1 is 0.938 bits per heavy atom. The molecular weight excluding hydrogens is 843 g/mol. The zero-order valence-electron chi connectivity index (χ0n) is 35.1. The number of phenols is 3. The van der Waals surface area contributed by atoms with E-state index in [2.05, 4.69) is 9.97 Å². The van der Waals surface area contributed by atoms with E-state index < -0.39 is 88.6 Å². The normalized spacial score (nSPS) is 31.3. The molecule has 1 saturated heterocycles. The SMILES string of the molecule is O=C(C=Cc1ccc(O)c(Cc2cnc[nH]2)c1)N1c2cc(OC3(O)OC(CO)C(O)C(O)C3O)c(O)cc2C2C1(C(=O)O)C=C1CC(CO)C=CC12C1(c2ccccc2O)CCCCC1. The number of nitrogens with zero attached hydrogens (tertiary/aromatic N) is 2. The number of carboxylic acids is 1. The summed E-state index contributed by atoms with van der Waals surface area (Å²) in [5.41, 5.74) is -1.49. The highest BCUT2D eigenvalue weighted by atomic mass is 16.8. The van der Waals surface area contributed by atoms with Gasteiger partial charge in [-0.2, -0.15) is 0 Å². The number of hydrogen-bond donors (Lipinski definition) is 11. The summed E-state index contributed by atoms with van der Waals surface area (Å²) in [5, 5.41) is 110. The average Bonchev–Trinajstić information content (AvgIpc) is 4.00. The number of aliphatic carboxylic acids is 1. The van der Waals surface area contributed by atoms with Gasteiger partial charge in [0.2, 0.25) is 0 Å². The highest BCUT2D eigenvalue weighted by Gasteiger charge is 2.74. The van der Waals surface area contributed by atoms with Gasteiger partial charge in [-0.1, -0.05) is 61.3 Å². The van der Waals surface area contributed by atoms with E-state index in [0.717, 1.165) is 35.9 Å². The number of aromatic amines is 1. The number of nitrogens with one attached hydrogen (secondary N) is 1. The number of H-pyrrole nitrogens is 1. The molecule has 65 heavy (non-hydrogen) atoms. The highest BCUT2D eigenvalue weighted by molar-refractivity contribution is 6.13. The fraction of sp³-hybridized carbons (Fsp3) is 0.396. The van der Waals surface area contributed by atoms with Crippen molar-refractivity contribution in [1.29, 1.82) is 0 Å². The van der Waals surface area contributed by atoms with Crippen molar-refractivity contribution in [3.8, 4) is 23.0 Å². The second-order valence-corrected chi connectivity index (χ2v) is 17.8. The molecule has 9 atom stereocenters. The minimum atomic E-state index is -3.19. The fourth-order valence-electron chi connectivity index (χ4n) is 11.5. The number of carbonyl (C=O) groups is 2. The van der Waals surface area contributed by atoms with Crippen molar-refractivity contribution in [2.45, 2.75) is 92.2 Å². The van der Waals surface area contributed by atoms with Gasteiger partial charge < -0.3 is 65.5 Å². The first kappa shape index (κ1) is 44.2. The number of para-hydroxylation sites is 1. The molecule has 0 bridgehead atoms. The van der Waals surface area contributed by atoms with Crippen molar-refractivity contribution in [2.75, 3.05) is 18.1 Å². The van der Waals surface area contributed by atoms with Gasteiger partial charge in [0.05, 0.1) is 18.6 Å².